The summed E-state index contributed by atoms with van der Waals surface area (Å²) in [5, 5.41) is 9.87. The van der Waals surface area contributed by atoms with Gasteiger partial charge in [-0.1, -0.05) is 19.1 Å². The molecule has 0 aliphatic carbocycles. The van der Waals surface area contributed by atoms with Gasteiger partial charge in [-0.05, 0) is 56.7 Å². The highest BCUT2D eigenvalue weighted by Crippen LogP contribution is 2.19. The van der Waals surface area contributed by atoms with Crippen LogP contribution < -0.4 is 20.7 Å². The van der Waals surface area contributed by atoms with Crippen molar-refractivity contribution in [1.82, 2.24) is 20.9 Å². The first kappa shape index (κ1) is 24.0. The van der Waals surface area contributed by atoms with E-state index < -0.39 is 0 Å². The van der Waals surface area contributed by atoms with Crippen molar-refractivity contribution in [1.29, 1.82) is 0 Å². The van der Waals surface area contributed by atoms with Gasteiger partial charge in [-0.3, -0.25) is 14.7 Å². The Morgan fingerprint density at radius 2 is 2.00 bits per heavy atom. The van der Waals surface area contributed by atoms with E-state index in [0.717, 1.165) is 75.7 Å². The number of amides is 1. The molecule has 168 valence electrons. The lowest BCUT2D eigenvalue weighted by molar-refractivity contribution is -0.122. The molecular formula is C23H39N5O2. The molecule has 1 aromatic carbocycles. The second-order valence-corrected chi connectivity index (χ2v) is 7.86. The molecule has 1 heterocycles. The molecule has 0 atom stereocenters. The third kappa shape index (κ3) is 8.22. The summed E-state index contributed by atoms with van der Waals surface area (Å²) in [6.07, 6.45) is 3.88. The van der Waals surface area contributed by atoms with Gasteiger partial charge >= 0.3 is 0 Å². The fourth-order valence-electron chi connectivity index (χ4n) is 3.59. The lowest BCUT2D eigenvalue weighted by Gasteiger charge is -2.32. The zero-order valence-corrected chi connectivity index (χ0v) is 19.1. The number of piperidine rings is 1. The molecule has 1 aliphatic heterocycles. The lowest BCUT2D eigenvalue weighted by atomic mass is 10.1. The summed E-state index contributed by atoms with van der Waals surface area (Å²) >= 11 is 0. The molecule has 0 bridgehead atoms. The molecule has 0 aromatic heterocycles. The standard InChI is InChI=1S/C23H39N5O2/c1-5-12-25-22(29)17-28-14-10-20(11-15-28)27-23(24-6-2)26-13-9-19-8-7-18(3)21(16-19)30-4/h7-8,16,20H,5-6,9-15,17H2,1-4H3,(H,25,29)(H2,24,26,27). The van der Waals surface area contributed by atoms with Crippen LogP contribution in [0.15, 0.2) is 23.2 Å². The molecule has 0 spiro atoms. The highest BCUT2D eigenvalue weighted by molar-refractivity contribution is 5.80. The van der Waals surface area contributed by atoms with E-state index in [4.69, 9.17) is 9.73 Å². The number of rotatable bonds is 10. The monoisotopic (exact) mass is 417 g/mol. The van der Waals surface area contributed by atoms with Crippen molar-refractivity contribution < 1.29 is 9.53 Å². The average Bonchev–Trinajstić information content (AvgIpc) is 2.75. The van der Waals surface area contributed by atoms with E-state index in [0.29, 0.717) is 12.6 Å². The van der Waals surface area contributed by atoms with Gasteiger partial charge < -0.3 is 20.7 Å². The third-order valence-electron chi connectivity index (χ3n) is 5.35. The first-order chi connectivity index (χ1) is 14.5. The largest absolute Gasteiger partial charge is 0.496 e. The molecule has 1 aliphatic rings. The number of ether oxygens (including phenoxy) is 1. The van der Waals surface area contributed by atoms with Crippen molar-refractivity contribution in [3.63, 3.8) is 0 Å². The Labute approximate surface area is 181 Å². The van der Waals surface area contributed by atoms with Crippen LogP contribution in [0.5, 0.6) is 5.75 Å². The maximum absolute atomic E-state index is 11.9. The highest BCUT2D eigenvalue weighted by atomic mass is 16.5. The summed E-state index contributed by atoms with van der Waals surface area (Å²) in [6, 6.07) is 6.72. The molecule has 1 aromatic rings. The number of guanidine groups is 1. The van der Waals surface area contributed by atoms with Gasteiger partial charge in [-0.25, -0.2) is 0 Å². The smallest absolute Gasteiger partial charge is 0.234 e. The fourth-order valence-corrected chi connectivity index (χ4v) is 3.59. The van der Waals surface area contributed by atoms with E-state index in [-0.39, 0.29) is 5.91 Å². The number of likely N-dealkylation sites (tertiary alicyclic amines) is 1. The molecule has 1 amide bonds. The van der Waals surface area contributed by atoms with Crippen LogP contribution in [0.1, 0.15) is 44.2 Å². The summed E-state index contributed by atoms with van der Waals surface area (Å²) in [4.78, 5) is 18.9. The van der Waals surface area contributed by atoms with E-state index in [9.17, 15) is 4.79 Å². The first-order valence-electron chi connectivity index (χ1n) is 11.2. The molecule has 0 radical (unpaired) electrons. The van der Waals surface area contributed by atoms with Crippen LogP contribution in [-0.4, -0.2) is 69.2 Å². The minimum absolute atomic E-state index is 0.130. The van der Waals surface area contributed by atoms with Crippen molar-refractivity contribution >= 4 is 11.9 Å². The van der Waals surface area contributed by atoms with Crippen LogP contribution in [0.25, 0.3) is 0 Å². The number of hydrogen-bond acceptors (Lipinski definition) is 4. The van der Waals surface area contributed by atoms with Gasteiger partial charge in [0.25, 0.3) is 0 Å². The second-order valence-electron chi connectivity index (χ2n) is 7.86. The normalized spacial score (nSPS) is 15.7. The number of methoxy groups -OCH3 is 1. The van der Waals surface area contributed by atoms with Crippen LogP contribution in [0.2, 0.25) is 0 Å². The van der Waals surface area contributed by atoms with Gasteiger partial charge in [0, 0.05) is 38.8 Å². The zero-order valence-electron chi connectivity index (χ0n) is 19.1. The molecule has 3 N–H and O–H groups in total. The van der Waals surface area contributed by atoms with Gasteiger partial charge in [-0.15, -0.1) is 0 Å². The molecule has 2 rings (SSSR count). The molecule has 30 heavy (non-hydrogen) atoms. The Morgan fingerprint density at radius 3 is 2.67 bits per heavy atom. The summed E-state index contributed by atoms with van der Waals surface area (Å²) in [5.74, 6) is 1.93. The van der Waals surface area contributed by atoms with Crippen molar-refractivity contribution in [2.45, 2.75) is 52.5 Å². The van der Waals surface area contributed by atoms with Gasteiger partial charge in [0.1, 0.15) is 5.75 Å². The van der Waals surface area contributed by atoms with Crippen LogP contribution >= 0.6 is 0 Å². The first-order valence-corrected chi connectivity index (χ1v) is 11.2. The van der Waals surface area contributed by atoms with Crippen LogP contribution in [-0.2, 0) is 11.2 Å². The van der Waals surface area contributed by atoms with E-state index >= 15 is 0 Å². The average molecular weight is 418 g/mol. The number of benzene rings is 1. The van der Waals surface area contributed by atoms with E-state index in [1.807, 2.05) is 0 Å². The van der Waals surface area contributed by atoms with E-state index in [1.165, 1.54) is 5.56 Å². The van der Waals surface area contributed by atoms with E-state index in [2.05, 4.69) is 59.8 Å². The van der Waals surface area contributed by atoms with E-state index in [1.54, 1.807) is 7.11 Å². The van der Waals surface area contributed by atoms with Gasteiger partial charge in [-0.2, -0.15) is 0 Å². The number of hydrogen-bond donors (Lipinski definition) is 3. The maximum Gasteiger partial charge on any atom is 0.234 e. The Morgan fingerprint density at radius 1 is 1.23 bits per heavy atom. The number of carbonyl (C=O) groups is 1. The summed E-state index contributed by atoms with van der Waals surface area (Å²) in [5.41, 5.74) is 2.38. The van der Waals surface area contributed by atoms with Crippen molar-refractivity contribution in [3.05, 3.63) is 29.3 Å². The SMILES string of the molecule is CCCNC(=O)CN1CCC(NC(=NCCc2ccc(C)c(OC)c2)NCC)CC1. The molecule has 0 saturated carbocycles. The van der Waals surface area contributed by atoms with Gasteiger partial charge in [0.05, 0.1) is 13.7 Å². The zero-order chi connectivity index (χ0) is 21.8. The van der Waals surface area contributed by atoms with Crippen LogP contribution in [0.4, 0.5) is 0 Å². The Kier molecular flexibility index (Phi) is 10.5. The number of aliphatic imine (C=N–C) groups is 1. The minimum atomic E-state index is 0.130. The van der Waals surface area contributed by atoms with Crippen molar-refractivity contribution in [3.8, 4) is 5.75 Å². The predicted molar refractivity (Wildman–Crippen MR) is 123 cm³/mol. The maximum atomic E-state index is 11.9. The minimum Gasteiger partial charge on any atom is -0.496 e. The Balaban J connectivity index is 1.79. The predicted octanol–water partition coefficient (Wildman–Crippen LogP) is 2.09. The third-order valence-corrected chi connectivity index (χ3v) is 5.35. The Hall–Kier alpha value is -2.28. The fraction of sp³-hybridized carbons (Fsp3) is 0.652. The van der Waals surface area contributed by atoms with Crippen LogP contribution in [0, 0.1) is 6.92 Å². The van der Waals surface area contributed by atoms with Gasteiger partial charge in [0.15, 0.2) is 5.96 Å². The number of nitrogens with one attached hydrogen (secondary N) is 3. The Bertz CT molecular complexity index is 684. The lowest BCUT2D eigenvalue weighted by Crippen LogP contribution is -2.50. The summed E-state index contributed by atoms with van der Waals surface area (Å²) in [6.45, 7) is 10.9. The van der Waals surface area contributed by atoms with Crippen LogP contribution in [0.3, 0.4) is 0 Å². The topological polar surface area (TPSA) is 78.0 Å². The summed E-state index contributed by atoms with van der Waals surface area (Å²) < 4.78 is 5.41. The van der Waals surface area contributed by atoms with Crippen molar-refractivity contribution in [2.75, 3.05) is 46.4 Å². The number of nitrogens with zero attached hydrogens (tertiary/aromatic N) is 2. The summed E-state index contributed by atoms with van der Waals surface area (Å²) in [7, 11) is 1.71. The molecule has 7 nitrogen and oxygen atoms in total. The second kappa shape index (κ2) is 13.1. The molecular weight excluding hydrogens is 378 g/mol. The number of carbonyl (C=O) groups excluding carboxylic acids is 1. The highest BCUT2D eigenvalue weighted by Gasteiger charge is 2.21. The van der Waals surface area contributed by atoms with Gasteiger partial charge in [0.2, 0.25) is 5.91 Å². The quantitative estimate of drug-likeness (QED) is 0.401. The molecule has 1 saturated heterocycles. The molecule has 1 fully saturated rings. The molecule has 7 heteroatoms. The number of aryl methyl sites for hydroxylation is 1. The molecule has 0 unspecified atom stereocenters. The van der Waals surface area contributed by atoms with Crippen molar-refractivity contribution in [2.24, 2.45) is 4.99 Å².